The van der Waals surface area contributed by atoms with Crippen molar-refractivity contribution in [2.45, 2.75) is 25.5 Å². The predicted octanol–water partition coefficient (Wildman–Crippen LogP) is 3.94. The van der Waals surface area contributed by atoms with Crippen LogP contribution >= 0.6 is 11.6 Å². The van der Waals surface area contributed by atoms with Gasteiger partial charge in [0.2, 0.25) is 5.28 Å². The summed E-state index contributed by atoms with van der Waals surface area (Å²) in [6, 6.07) is 5.55. The van der Waals surface area contributed by atoms with E-state index >= 15 is 0 Å². The molecule has 1 fully saturated rings. The number of rotatable bonds is 5. The number of nitrogens with one attached hydrogen (secondary N) is 1. The summed E-state index contributed by atoms with van der Waals surface area (Å²) >= 11 is 6.19. The number of hydrogen-bond donors (Lipinski definition) is 1. The van der Waals surface area contributed by atoms with Crippen molar-refractivity contribution in [3.63, 3.8) is 0 Å². The molecule has 1 atom stereocenters. The fourth-order valence-corrected chi connectivity index (χ4v) is 3.41. The van der Waals surface area contributed by atoms with Gasteiger partial charge in [0.05, 0.1) is 26.2 Å². The fraction of sp³-hybridized carbons (Fsp3) is 0.389. The summed E-state index contributed by atoms with van der Waals surface area (Å²) in [6.07, 6.45) is 4.73. The van der Waals surface area contributed by atoms with E-state index in [0.29, 0.717) is 34.2 Å². The maximum Gasteiger partial charge on any atom is 0.226 e. The van der Waals surface area contributed by atoms with Crippen LogP contribution in [-0.2, 0) is 4.74 Å². The molecule has 3 heterocycles. The Hall–Kier alpha value is -2.58. The molecule has 4 rings (SSSR count). The Balaban J connectivity index is 1.76. The molecule has 3 aromatic rings. The van der Waals surface area contributed by atoms with Gasteiger partial charge in [0.15, 0.2) is 28.5 Å². The quantitative estimate of drug-likeness (QED) is 0.661. The summed E-state index contributed by atoms with van der Waals surface area (Å²) in [5, 5.41) is 3.37. The van der Waals surface area contributed by atoms with E-state index in [0.717, 1.165) is 25.9 Å². The van der Waals surface area contributed by atoms with Crippen LogP contribution in [0.1, 0.15) is 25.5 Å². The van der Waals surface area contributed by atoms with Gasteiger partial charge in [0.25, 0.3) is 0 Å². The minimum absolute atomic E-state index is 0.0890. The lowest BCUT2D eigenvalue weighted by atomic mass is 10.2. The molecule has 1 saturated heterocycles. The van der Waals surface area contributed by atoms with Crippen LogP contribution in [0.3, 0.4) is 0 Å². The van der Waals surface area contributed by atoms with Gasteiger partial charge >= 0.3 is 0 Å². The lowest BCUT2D eigenvalue weighted by Gasteiger charge is -2.23. The van der Waals surface area contributed by atoms with Crippen LogP contribution in [0.4, 0.5) is 11.5 Å². The number of methoxy groups -OCH3 is 2. The molecule has 0 radical (unpaired) electrons. The molecule has 1 aliphatic heterocycles. The number of benzene rings is 1. The van der Waals surface area contributed by atoms with Crippen LogP contribution in [0.15, 0.2) is 24.5 Å². The van der Waals surface area contributed by atoms with Crippen LogP contribution in [0.25, 0.3) is 11.2 Å². The van der Waals surface area contributed by atoms with Crippen molar-refractivity contribution in [3.8, 4) is 11.5 Å². The molecule has 1 N–H and O–H groups in total. The monoisotopic (exact) mass is 389 g/mol. The minimum Gasteiger partial charge on any atom is -0.493 e. The van der Waals surface area contributed by atoms with Gasteiger partial charge in [-0.2, -0.15) is 9.97 Å². The number of nitrogens with zero attached hydrogens (tertiary/aromatic N) is 4. The Labute approximate surface area is 161 Å². The third-order valence-corrected chi connectivity index (χ3v) is 4.69. The van der Waals surface area contributed by atoms with Crippen molar-refractivity contribution in [1.29, 1.82) is 0 Å². The maximum absolute atomic E-state index is 6.19. The molecule has 1 unspecified atom stereocenters. The smallest absolute Gasteiger partial charge is 0.226 e. The minimum atomic E-state index is -0.0890. The molecule has 9 heteroatoms. The Morgan fingerprint density at radius 3 is 2.85 bits per heavy atom. The second kappa shape index (κ2) is 7.58. The first-order chi connectivity index (χ1) is 13.2. The summed E-state index contributed by atoms with van der Waals surface area (Å²) in [4.78, 5) is 13.2. The number of anilines is 2. The number of aromatic nitrogens is 4. The van der Waals surface area contributed by atoms with Gasteiger partial charge < -0.3 is 19.5 Å². The molecule has 1 aromatic carbocycles. The number of ether oxygens (including phenoxy) is 3. The molecule has 8 nitrogen and oxygen atoms in total. The van der Waals surface area contributed by atoms with Gasteiger partial charge in [-0.15, -0.1) is 0 Å². The van der Waals surface area contributed by atoms with Crippen molar-refractivity contribution in [2.24, 2.45) is 0 Å². The summed E-state index contributed by atoms with van der Waals surface area (Å²) in [6.45, 7) is 0.731. The molecule has 0 amide bonds. The Bertz CT molecular complexity index is 956. The summed E-state index contributed by atoms with van der Waals surface area (Å²) < 4.78 is 18.6. The van der Waals surface area contributed by atoms with E-state index in [4.69, 9.17) is 25.8 Å². The van der Waals surface area contributed by atoms with E-state index in [1.54, 1.807) is 20.5 Å². The molecule has 1 aliphatic rings. The fourth-order valence-electron chi connectivity index (χ4n) is 3.24. The Morgan fingerprint density at radius 2 is 2.11 bits per heavy atom. The Morgan fingerprint density at radius 1 is 1.22 bits per heavy atom. The van der Waals surface area contributed by atoms with E-state index in [9.17, 15) is 0 Å². The predicted molar refractivity (Wildman–Crippen MR) is 102 cm³/mol. The summed E-state index contributed by atoms with van der Waals surface area (Å²) in [7, 11) is 3.17. The third-order valence-electron chi connectivity index (χ3n) is 4.52. The van der Waals surface area contributed by atoms with E-state index in [1.165, 1.54) is 0 Å². The molecule has 27 heavy (non-hydrogen) atoms. The van der Waals surface area contributed by atoms with Gasteiger partial charge in [-0.25, -0.2) is 4.98 Å². The first-order valence-corrected chi connectivity index (χ1v) is 9.08. The molecule has 2 aromatic heterocycles. The SMILES string of the molecule is COc1cccc(Nc2nc(Cl)nc3c2ncn3C2CCCCO2)c1OC. The largest absolute Gasteiger partial charge is 0.493 e. The number of para-hydroxylation sites is 1. The molecule has 0 bridgehead atoms. The second-order valence-electron chi connectivity index (χ2n) is 6.15. The van der Waals surface area contributed by atoms with Crippen LogP contribution < -0.4 is 14.8 Å². The van der Waals surface area contributed by atoms with E-state index in [1.807, 2.05) is 22.8 Å². The standard InChI is InChI=1S/C18H20ClN5O3/c1-25-12-7-5-6-11(15(12)26-2)21-16-14-17(23-18(19)22-16)24(10-20-14)13-8-3-4-9-27-13/h5-7,10,13H,3-4,8-9H2,1-2H3,(H,21,22,23). The van der Waals surface area contributed by atoms with Crippen LogP contribution in [0.5, 0.6) is 11.5 Å². The van der Waals surface area contributed by atoms with Crippen LogP contribution in [0.2, 0.25) is 5.28 Å². The van der Waals surface area contributed by atoms with Crippen molar-refractivity contribution in [2.75, 3.05) is 26.1 Å². The highest BCUT2D eigenvalue weighted by atomic mass is 35.5. The highest BCUT2D eigenvalue weighted by molar-refractivity contribution is 6.28. The number of fused-ring (bicyclic) bond motifs is 1. The van der Waals surface area contributed by atoms with Crippen LogP contribution in [-0.4, -0.2) is 40.3 Å². The zero-order chi connectivity index (χ0) is 18.8. The first kappa shape index (κ1) is 17.8. The molecule has 0 saturated carbocycles. The molecule has 142 valence electrons. The summed E-state index contributed by atoms with van der Waals surface area (Å²) in [5.41, 5.74) is 1.93. The average Bonchev–Trinajstić information content (AvgIpc) is 3.12. The van der Waals surface area contributed by atoms with Crippen molar-refractivity contribution in [3.05, 3.63) is 29.8 Å². The molecule has 0 spiro atoms. The average molecular weight is 390 g/mol. The van der Waals surface area contributed by atoms with Crippen molar-refractivity contribution >= 4 is 34.3 Å². The van der Waals surface area contributed by atoms with Crippen molar-refractivity contribution < 1.29 is 14.2 Å². The zero-order valence-corrected chi connectivity index (χ0v) is 15.9. The first-order valence-electron chi connectivity index (χ1n) is 8.71. The van der Waals surface area contributed by atoms with Gasteiger partial charge in [0.1, 0.15) is 6.23 Å². The van der Waals surface area contributed by atoms with E-state index in [2.05, 4.69) is 20.3 Å². The van der Waals surface area contributed by atoms with Gasteiger partial charge in [-0.3, -0.25) is 4.57 Å². The summed E-state index contributed by atoms with van der Waals surface area (Å²) in [5.74, 6) is 1.67. The number of imidazole rings is 1. The van der Waals surface area contributed by atoms with E-state index < -0.39 is 0 Å². The molecule has 0 aliphatic carbocycles. The second-order valence-corrected chi connectivity index (χ2v) is 6.49. The highest BCUT2D eigenvalue weighted by Gasteiger charge is 2.22. The number of halogens is 1. The lowest BCUT2D eigenvalue weighted by molar-refractivity contribution is -0.0298. The zero-order valence-electron chi connectivity index (χ0n) is 15.1. The Kier molecular flexibility index (Phi) is 5.00. The number of hydrogen-bond acceptors (Lipinski definition) is 7. The normalized spacial score (nSPS) is 17.1. The van der Waals surface area contributed by atoms with E-state index in [-0.39, 0.29) is 11.5 Å². The van der Waals surface area contributed by atoms with Crippen LogP contribution in [0, 0.1) is 0 Å². The topological polar surface area (TPSA) is 83.3 Å². The van der Waals surface area contributed by atoms with Gasteiger partial charge in [0, 0.05) is 6.61 Å². The van der Waals surface area contributed by atoms with Gasteiger partial charge in [-0.05, 0) is 43.0 Å². The molecular weight excluding hydrogens is 370 g/mol. The van der Waals surface area contributed by atoms with Gasteiger partial charge in [-0.1, -0.05) is 6.07 Å². The maximum atomic E-state index is 6.19. The third kappa shape index (κ3) is 3.38. The molecular formula is C18H20ClN5O3. The lowest BCUT2D eigenvalue weighted by Crippen LogP contribution is -2.17. The van der Waals surface area contributed by atoms with Crippen molar-refractivity contribution in [1.82, 2.24) is 19.5 Å². The highest BCUT2D eigenvalue weighted by Crippen LogP contribution is 2.37.